The third kappa shape index (κ3) is 5.71. The Hall–Kier alpha value is -2.05. The zero-order valence-corrected chi connectivity index (χ0v) is 16.6. The second-order valence-corrected chi connectivity index (χ2v) is 7.25. The first-order valence-electron chi connectivity index (χ1n) is 9.45. The number of aryl methyl sites for hydroxylation is 1. The first-order valence-corrected chi connectivity index (χ1v) is 9.83. The van der Waals surface area contributed by atoms with Gasteiger partial charge in [-0.1, -0.05) is 29.8 Å². The van der Waals surface area contributed by atoms with Gasteiger partial charge >= 0.3 is 0 Å². The molecule has 0 unspecified atom stereocenters. The van der Waals surface area contributed by atoms with E-state index >= 15 is 0 Å². The highest BCUT2D eigenvalue weighted by molar-refractivity contribution is 6.30. The molecule has 2 aromatic rings. The molecule has 1 aliphatic rings. The number of ether oxygens (including phenoxy) is 1. The van der Waals surface area contributed by atoms with Crippen LogP contribution in [0.3, 0.4) is 0 Å². The number of aromatic nitrogens is 2. The van der Waals surface area contributed by atoms with Gasteiger partial charge < -0.3 is 9.64 Å². The molecule has 27 heavy (non-hydrogen) atoms. The van der Waals surface area contributed by atoms with Crippen LogP contribution in [-0.2, 0) is 17.8 Å². The number of methoxy groups -OCH3 is 1. The highest BCUT2D eigenvalue weighted by Crippen LogP contribution is 2.19. The van der Waals surface area contributed by atoms with Crippen molar-refractivity contribution in [2.45, 2.75) is 25.8 Å². The van der Waals surface area contributed by atoms with E-state index < -0.39 is 0 Å². The minimum Gasteiger partial charge on any atom is -0.496 e. The molecule has 1 fully saturated rings. The Balaban J connectivity index is 1.45. The largest absolute Gasteiger partial charge is 0.496 e. The molecular formula is C20H27ClN4O2. The van der Waals surface area contributed by atoms with Crippen molar-refractivity contribution in [2.75, 3.05) is 39.8 Å². The maximum absolute atomic E-state index is 12.7. The molecule has 6 nitrogen and oxygen atoms in total. The van der Waals surface area contributed by atoms with Crippen LogP contribution in [0.1, 0.15) is 18.4 Å². The van der Waals surface area contributed by atoms with E-state index in [-0.39, 0.29) is 5.91 Å². The van der Waals surface area contributed by atoms with Gasteiger partial charge in [0.15, 0.2) is 0 Å². The van der Waals surface area contributed by atoms with Crippen molar-refractivity contribution in [1.29, 1.82) is 0 Å². The van der Waals surface area contributed by atoms with Gasteiger partial charge in [0, 0.05) is 38.8 Å². The van der Waals surface area contributed by atoms with E-state index in [0.29, 0.717) is 17.9 Å². The van der Waals surface area contributed by atoms with Crippen LogP contribution in [0.2, 0.25) is 5.02 Å². The van der Waals surface area contributed by atoms with E-state index in [4.69, 9.17) is 16.3 Å². The summed E-state index contributed by atoms with van der Waals surface area (Å²) < 4.78 is 7.24. The number of hydrogen-bond donors (Lipinski definition) is 0. The van der Waals surface area contributed by atoms with Crippen molar-refractivity contribution >= 4 is 17.5 Å². The molecule has 1 amide bonds. The van der Waals surface area contributed by atoms with Crippen LogP contribution >= 0.6 is 11.6 Å². The summed E-state index contributed by atoms with van der Waals surface area (Å²) in [5.74, 6) is 1.08. The van der Waals surface area contributed by atoms with Crippen LogP contribution in [-0.4, -0.2) is 65.3 Å². The number of amides is 1. The Morgan fingerprint density at radius 1 is 1.19 bits per heavy atom. The first-order chi connectivity index (χ1) is 13.2. The monoisotopic (exact) mass is 390 g/mol. The summed E-state index contributed by atoms with van der Waals surface area (Å²) in [4.78, 5) is 17.0. The highest BCUT2D eigenvalue weighted by atomic mass is 35.5. The second-order valence-electron chi connectivity index (χ2n) is 6.81. The topological polar surface area (TPSA) is 50.6 Å². The van der Waals surface area contributed by atoms with E-state index in [2.05, 4.69) is 10.00 Å². The number of para-hydroxylation sites is 1. The maximum Gasteiger partial charge on any atom is 0.222 e. The van der Waals surface area contributed by atoms with Gasteiger partial charge in [0.05, 0.1) is 24.9 Å². The minimum atomic E-state index is 0.224. The smallest absolute Gasteiger partial charge is 0.222 e. The summed E-state index contributed by atoms with van der Waals surface area (Å²) in [6, 6.07) is 7.90. The van der Waals surface area contributed by atoms with Gasteiger partial charge in [-0.25, -0.2) is 0 Å². The molecule has 146 valence electrons. The van der Waals surface area contributed by atoms with Crippen LogP contribution in [0.15, 0.2) is 36.7 Å². The van der Waals surface area contributed by atoms with E-state index in [0.717, 1.165) is 57.0 Å². The quantitative estimate of drug-likeness (QED) is 0.729. The Morgan fingerprint density at radius 3 is 2.81 bits per heavy atom. The van der Waals surface area contributed by atoms with Gasteiger partial charge in [0.1, 0.15) is 5.75 Å². The number of rotatable bonds is 7. The molecule has 1 aliphatic heterocycles. The number of carbonyl (C=O) groups is 1. The predicted octanol–water partition coefficient (Wildman–Crippen LogP) is 2.71. The van der Waals surface area contributed by atoms with Gasteiger partial charge in [-0.05, 0) is 31.0 Å². The van der Waals surface area contributed by atoms with Crippen LogP contribution < -0.4 is 4.74 Å². The Morgan fingerprint density at radius 2 is 2.04 bits per heavy atom. The Bertz CT molecular complexity index is 749. The summed E-state index contributed by atoms with van der Waals surface area (Å²) in [6.45, 7) is 5.25. The fraction of sp³-hybridized carbons (Fsp3) is 0.500. The molecule has 0 N–H and O–H groups in total. The second kappa shape index (κ2) is 9.76. The van der Waals surface area contributed by atoms with Crippen molar-refractivity contribution < 1.29 is 9.53 Å². The van der Waals surface area contributed by atoms with E-state index in [1.165, 1.54) is 0 Å². The van der Waals surface area contributed by atoms with E-state index in [1.54, 1.807) is 13.3 Å². The lowest BCUT2D eigenvalue weighted by Crippen LogP contribution is -2.36. The van der Waals surface area contributed by atoms with Crippen molar-refractivity contribution in [1.82, 2.24) is 19.6 Å². The average molecular weight is 391 g/mol. The normalized spacial score (nSPS) is 15.6. The molecule has 0 saturated carbocycles. The lowest BCUT2D eigenvalue weighted by atomic mass is 10.1. The van der Waals surface area contributed by atoms with Gasteiger partial charge in [0.25, 0.3) is 0 Å². The van der Waals surface area contributed by atoms with Gasteiger partial charge in [-0.15, -0.1) is 0 Å². The van der Waals surface area contributed by atoms with Crippen LogP contribution in [0, 0.1) is 0 Å². The van der Waals surface area contributed by atoms with Gasteiger partial charge in [0.2, 0.25) is 5.91 Å². The van der Waals surface area contributed by atoms with Crippen LogP contribution in [0.5, 0.6) is 5.75 Å². The van der Waals surface area contributed by atoms with Crippen LogP contribution in [0.25, 0.3) is 0 Å². The lowest BCUT2D eigenvalue weighted by Gasteiger charge is -2.22. The third-order valence-electron chi connectivity index (χ3n) is 4.99. The molecule has 3 rings (SSSR count). The molecule has 2 heterocycles. The summed E-state index contributed by atoms with van der Waals surface area (Å²) in [5, 5.41) is 4.88. The SMILES string of the molecule is COc1ccccc1CCC(=O)N1CCCN(CCn2cc(Cl)cn2)CC1. The molecular weight excluding hydrogens is 364 g/mol. The van der Waals surface area contributed by atoms with Crippen molar-refractivity contribution in [3.63, 3.8) is 0 Å². The van der Waals surface area contributed by atoms with Gasteiger partial charge in [-0.2, -0.15) is 5.10 Å². The average Bonchev–Trinajstić information content (AvgIpc) is 2.96. The Kier molecular flexibility index (Phi) is 7.12. The highest BCUT2D eigenvalue weighted by Gasteiger charge is 2.19. The zero-order chi connectivity index (χ0) is 19.1. The summed E-state index contributed by atoms with van der Waals surface area (Å²) in [5.41, 5.74) is 1.09. The number of hydrogen-bond acceptors (Lipinski definition) is 4. The standard InChI is InChI=1S/C20H27ClN4O2/c1-27-19-6-3-2-5-17(19)7-8-20(26)24-10-4-9-23(11-13-24)12-14-25-16-18(21)15-22-25/h2-3,5-6,15-16H,4,7-14H2,1H3. The number of benzene rings is 1. The molecule has 0 aliphatic carbocycles. The summed E-state index contributed by atoms with van der Waals surface area (Å²) >= 11 is 5.91. The van der Waals surface area contributed by atoms with Crippen LogP contribution in [0.4, 0.5) is 0 Å². The molecule has 0 spiro atoms. The number of nitrogens with zero attached hydrogens (tertiary/aromatic N) is 4. The molecule has 1 aromatic heterocycles. The van der Waals surface area contributed by atoms with Crippen molar-refractivity contribution in [3.8, 4) is 5.75 Å². The van der Waals surface area contributed by atoms with E-state index in [1.807, 2.05) is 40.0 Å². The fourth-order valence-corrected chi connectivity index (χ4v) is 3.61. The fourth-order valence-electron chi connectivity index (χ4n) is 3.46. The molecule has 7 heteroatoms. The first kappa shape index (κ1) is 19.7. The molecule has 0 atom stereocenters. The summed E-state index contributed by atoms with van der Waals surface area (Å²) in [7, 11) is 1.67. The maximum atomic E-state index is 12.7. The van der Waals surface area contributed by atoms with Crippen molar-refractivity contribution in [2.24, 2.45) is 0 Å². The number of carbonyl (C=O) groups excluding carboxylic acids is 1. The molecule has 0 radical (unpaired) electrons. The zero-order valence-electron chi connectivity index (χ0n) is 15.8. The lowest BCUT2D eigenvalue weighted by molar-refractivity contribution is -0.131. The van der Waals surface area contributed by atoms with E-state index in [9.17, 15) is 4.79 Å². The third-order valence-corrected chi connectivity index (χ3v) is 5.18. The molecule has 1 saturated heterocycles. The van der Waals surface area contributed by atoms with Gasteiger partial charge in [-0.3, -0.25) is 14.4 Å². The minimum absolute atomic E-state index is 0.224. The molecule has 0 bridgehead atoms. The summed E-state index contributed by atoms with van der Waals surface area (Å²) in [6.07, 6.45) is 5.73. The Labute approximate surface area is 165 Å². The predicted molar refractivity (Wildman–Crippen MR) is 106 cm³/mol. The number of halogens is 1. The molecule has 1 aromatic carbocycles. The van der Waals surface area contributed by atoms with Crippen molar-refractivity contribution in [3.05, 3.63) is 47.2 Å².